The maximum absolute atomic E-state index is 2.55. The van der Waals surface area contributed by atoms with Crippen molar-refractivity contribution in [3.63, 3.8) is 0 Å². The van der Waals surface area contributed by atoms with Crippen molar-refractivity contribution >= 4 is 268 Å². The molecule has 674 valence electrons. The van der Waals surface area contributed by atoms with E-state index in [1.807, 2.05) is 34.0 Å². The number of para-hydroxylation sites is 6. The Kier molecular flexibility index (Phi) is 18.1. The Labute approximate surface area is 842 Å². The molecule has 33 aromatic rings. The minimum absolute atomic E-state index is 1.15. The monoisotopic (exact) mass is 1890 g/mol. The van der Waals surface area contributed by atoms with Crippen molar-refractivity contribution in [1.29, 1.82) is 0 Å². The third-order valence-electron chi connectivity index (χ3n) is 30.6. The predicted molar refractivity (Wildman–Crippen MR) is 625 cm³/mol. The van der Waals surface area contributed by atoms with Gasteiger partial charge in [-0.1, -0.05) is 346 Å². The molecule has 33 rings (SSSR count). The summed E-state index contributed by atoms with van der Waals surface area (Å²) in [6, 6.07) is 183. The van der Waals surface area contributed by atoms with Gasteiger partial charge in [-0.15, -0.1) is 34.0 Å². The maximum Gasteiger partial charge on any atom is 0.0719 e. The van der Waals surface area contributed by atoms with Crippen LogP contribution in [-0.2, 0) is 0 Å². The number of nitrogens with zero attached hydrogens (tertiary/aromatic N) is 6. The molecule has 6 nitrogen and oxygen atoms in total. The smallest absolute Gasteiger partial charge is 0.0719 e. The van der Waals surface area contributed by atoms with Gasteiger partial charge in [0.25, 0.3) is 0 Å². The highest BCUT2D eigenvalue weighted by atomic mass is 32.1. The first-order valence-electron chi connectivity index (χ1n) is 49.7. The van der Waals surface area contributed by atoms with Gasteiger partial charge in [0.2, 0.25) is 0 Å². The van der Waals surface area contributed by atoms with E-state index in [4.69, 9.17) is 0 Å². The minimum Gasteiger partial charge on any atom is -0.309 e. The zero-order valence-electron chi connectivity index (χ0n) is 78.3. The van der Waals surface area contributed by atoms with Crippen LogP contribution in [0.25, 0.3) is 291 Å². The molecule has 9 aromatic heterocycles. The summed E-state index contributed by atoms with van der Waals surface area (Å²) in [6.45, 7) is 0. The molecule has 0 radical (unpaired) electrons. The molecule has 0 spiro atoms. The van der Waals surface area contributed by atoms with Crippen molar-refractivity contribution in [1.82, 2.24) is 27.4 Å². The molecule has 0 aliphatic rings. The van der Waals surface area contributed by atoms with Gasteiger partial charge in [-0.3, -0.25) is 0 Å². The molecule has 24 aromatic carbocycles. The highest BCUT2D eigenvalue weighted by Crippen LogP contribution is 2.52. The highest BCUT2D eigenvalue weighted by molar-refractivity contribution is 7.27. The molecule has 0 unspecified atom stereocenters. The number of benzene rings is 24. The maximum atomic E-state index is 2.55. The second-order valence-electron chi connectivity index (χ2n) is 38.4. The fourth-order valence-electron chi connectivity index (χ4n) is 24.3. The summed E-state index contributed by atoms with van der Waals surface area (Å²) in [6.07, 6.45) is 0. The Bertz CT molecular complexity index is 11200. The number of rotatable bonds is 8. The van der Waals surface area contributed by atoms with Crippen molar-refractivity contribution in [2.45, 2.75) is 0 Å². The third kappa shape index (κ3) is 12.4. The summed E-state index contributed by atoms with van der Waals surface area (Å²) in [5.41, 5.74) is 26.6. The first-order valence-corrected chi connectivity index (χ1v) is 52.1. The molecule has 0 N–H and O–H groups in total. The molecule has 0 aliphatic carbocycles. The standard InChI is InChI=1S/C48H28N2S.C48H30N2S.C40H24N2S/c1-2-12-29(13-3-1)50-45-28-44-41(27-42(45)38-24-25-39-37-19-9-11-21-46(37)51-48(39)47(38)50)36-18-8-10-20-43(36)49(44)30-22-23-35-33-16-5-4-14-31(33)32-15-6-7-17-34(32)40(35)26-30;1-4-14-31(15-5-1)33-26-34(32-16-6-2-7-17-32)28-36(27-33)50-45-30-44-41(37-20-10-12-22-43(37)49(44)35-18-8-3-9-19-35)29-42(45)39-24-25-40-38-21-11-13-23-46(38)51-48(40)47(39)50;1-2-12-27(13-3-1)41-35-16-8-6-14-29(35)33-23-34-31-20-21-32-30-15-7-9-17-38(30)43-40(32)39(31)42(37(34)24-36(33)41)28-19-18-25-10-4-5-11-26(25)22-28/h1-28H;1-30H;1-24H. The Morgan fingerprint density at radius 3 is 0.793 bits per heavy atom. The first-order chi connectivity index (χ1) is 71.9. The quantitative estimate of drug-likeness (QED) is 0.136. The molecule has 0 atom stereocenters. The molecular formula is C136H82N6S3. The summed E-state index contributed by atoms with van der Waals surface area (Å²) >= 11 is 5.70. The van der Waals surface area contributed by atoms with Crippen LogP contribution in [0, 0.1) is 0 Å². The number of fused-ring (bicyclic) bond motifs is 37. The van der Waals surface area contributed by atoms with Crippen LogP contribution in [0.5, 0.6) is 0 Å². The van der Waals surface area contributed by atoms with Gasteiger partial charge >= 0.3 is 0 Å². The van der Waals surface area contributed by atoms with Crippen LogP contribution >= 0.6 is 34.0 Å². The van der Waals surface area contributed by atoms with Gasteiger partial charge in [0, 0.05) is 145 Å². The lowest BCUT2D eigenvalue weighted by Crippen LogP contribution is -1.97. The third-order valence-corrected chi connectivity index (χ3v) is 34.2. The lowest BCUT2D eigenvalue weighted by Gasteiger charge is -2.15. The zero-order chi connectivity index (χ0) is 94.7. The van der Waals surface area contributed by atoms with Gasteiger partial charge in [-0.05, 0) is 217 Å². The van der Waals surface area contributed by atoms with Crippen molar-refractivity contribution in [3.8, 4) is 56.4 Å². The Hall–Kier alpha value is -18.2. The summed E-state index contributed by atoms with van der Waals surface area (Å²) < 4.78 is 22.8. The first kappa shape index (κ1) is 81.6. The van der Waals surface area contributed by atoms with Gasteiger partial charge in [-0.2, -0.15) is 0 Å². The van der Waals surface area contributed by atoms with Gasteiger partial charge < -0.3 is 27.4 Å². The zero-order valence-corrected chi connectivity index (χ0v) is 80.7. The van der Waals surface area contributed by atoms with Crippen molar-refractivity contribution in [2.75, 3.05) is 0 Å². The van der Waals surface area contributed by atoms with Crippen LogP contribution in [0.2, 0.25) is 0 Å². The highest BCUT2D eigenvalue weighted by Gasteiger charge is 2.28. The molecule has 9 heteroatoms. The van der Waals surface area contributed by atoms with E-state index < -0.39 is 0 Å². The van der Waals surface area contributed by atoms with E-state index in [-0.39, 0.29) is 0 Å². The molecule has 0 aliphatic heterocycles. The van der Waals surface area contributed by atoms with Crippen LogP contribution in [0.4, 0.5) is 0 Å². The molecule has 9 heterocycles. The van der Waals surface area contributed by atoms with E-state index >= 15 is 0 Å². The van der Waals surface area contributed by atoms with Crippen molar-refractivity contribution in [2.24, 2.45) is 0 Å². The Balaban J connectivity index is 0.0000000994. The Morgan fingerprint density at radius 2 is 0.386 bits per heavy atom. The van der Waals surface area contributed by atoms with Gasteiger partial charge in [0.15, 0.2) is 0 Å². The van der Waals surface area contributed by atoms with Crippen molar-refractivity contribution in [3.05, 3.63) is 497 Å². The summed E-state index contributed by atoms with van der Waals surface area (Å²) in [5.74, 6) is 0. The molecule has 0 fully saturated rings. The molecular weight excluding hydrogens is 1810 g/mol. The predicted octanol–water partition coefficient (Wildman–Crippen LogP) is 38.7. The number of aromatic nitrogens is 6. The summed E-state index contributed by atoms with van der Waals surface area (Å²) in [4.78, 5) is 0. The fraction of sp³-hybridized carbons (Fsp3) is 0. The van der Waals surface area contributed by atoms with E-state index in [9.17, 15) is 0 Å². The van der Waals surface area contributed by atoms with Crippen LogP contribution in [0.3, 0.4) is 0 Å². The van der Waals surface area contributed by atoms with E-state index in [2.05, 4.69) is 525 Å². The molecule has 0 amide bonds. The van der Waals surface area contributed by atoms with E-state index in [0.717, 1.165) is 11.4 Å². The van der Waals surface area contributed by atoms with Crippen LogP contribution in [0.15, 0.2) is 497 Å². The number of thiophene rings is 3. The van der Waals surface area contributed by atoms with Crippen LogP contribution < -0.4 is 0 Å². The second-order valence-corrected chi connectivity index (χ2v) is 41.5. The lowest BCUT2D eigenvalue weighted by molar-refractivity contribution is 1.17. The molecule has 0 saturated carbocycles. The summed E-state index contributed by atoms with van der Waals surface area (Å²) in [5, 5.41) is 33.4. The molecule has 0 saturated heterocycles. The largest absolute Gasteiger partial charge is 0.309 e. The second kappa shape index (κ2) is 32.2. The van der Waals surface area contributed by atoms with E-state index in [1.54, 1.807) is 0 Å². The number of hydrogen-bond donors (Lipinski definition) is 0. The average Bonchev–Trinajstić information content (AvgIpc) is 1.56. The minimum atomic E-state index is 1.15. The van der Waals surface area contributed by atoms with Crippen molar-refractivity contribution < 1.29 is 0 Å². The number of hydrogen-bond acceptors (Lipinski definition) is 3. The molecule has 0 bridgehead atoms. The van der Waals surface area contributed by atoms with Crippen LogP contribution in [0.1, 0.15) is 0 Å². The van der Waals surface area contributed by atoms with E-state index in [1.165, 1.54) is 279 Å². The lowest BCUT2D eigenvalue weighted by atomic mass is 9.94. The topological polar surface area (TPSA) is 29.6 Å². The normalized spacial score (nSPS) is 12.1. The fourth-order valence-corrected chi connectivity index (χ4v) is 28.0. The van der Waals surface area contributed by atoms with Gasteiger partial charge in [-0.25, -0.2) is 0 Å². The Morgan fingerprint density at radius 1 is 0.117 bits per heavy atom. The SMILES string of the molecule is c1ccc(-c2cc(-c3ccccc3)cc(-n3c4cc5c(cc4c4ccc6c7ccccc7sc6c43)c3ccccc3n5-c3ccccc3)c2)cc1.c1ccc(-n2c3cc4c(cc3c3ccc5c6ccccc6sc5c32)c2ccccc2n4-c2ccc3c4ccccc4c4ccccc4c3c2)cc1.c1ccc(-n2c3ccccc3c3cc4c5ccc6c7ccccc7sc6c5n(-c5ccc6ccccc6c5)c4cc32)cc1. The van der Waals surface area contributed by atoms with Gasteiger partial charge in [0.1, 0.15) is 0 Å². The molecule has 145 heavy (non-hydrogen) atoms. The van der Waals surface area contributed by atoms with Crippen LogP contribution in [-0.4, -0.2) is 27.4 Å². The average molecular weight is 1900 g/mol. The van der Waals surface area contributed by atoms with Gasteiger partial charge in [0.05, 0.1) is 80.3 Å². The summed E-state index contributed by atoms with van der Waals surface area (Å²) in [7, 11) is 0. The van der Waals surface area contributed by atoms with E-state index in [0.29, 0.717) is 0 Å².